The van der Waals surface area contributed by atoms with Crippen molar-refractivity contribution in [3.63, 3.8) is 0 Å². The van der Waals surface area contributed by atoms with Crippen LogP contribution in [0.5, 0.6) is 0 Å². The fourth-order valence-electron chi connectivity index (χ4n) is 5.50. The number of aromatic nitrogens is 3. The number of imidazole rings is 1. The summed E-state index contributed by atoms with van der Waals surface area (Å²) in [5, 5.41) is 0. The molecule has 0 aliphatic carbocycles. The maximum atomic E-state index is 15.0. The molecule has 2 aliphatic rings. The molecule has 0 radical (unpaired) electrons. The van der Waals surface area contributed by atoms with Gasteiger partial charge in [0.1, 0.15) is 17.2 Å². The molecule has 1 aromatic carbocycles. The van der Waals surface area contributed by atoms with Gasteiger partial charge in [-0.05, 0) is 92.6 Å². The summed E-state index contributed by atoms with van der Waals surface area (Å²) in [5.41, 5.74) is 12.7. The van der Waals surface area contributed by atoms with Gasteiger partial charge in [0.2, 0.25) is 0 Å². The van der Waals surface area contributed by atoms with Crippen LogP contribution < -0.4 is 10.6 Å². The molecule has 3 aromatic rings. The van der Waals surface area contributed by atoms with Gasteiger partial charge in [-0.1, -0.05) is 24.8 Å². The van der Waals surface area contributed by atoms with Crippen LogP contribution in [0.3, 0.4) is 0 Å². The van der Waals surface area contributed by atoms with Crippen molar-refractivity contribution < 1.29 is 4.39 Å². The van der Waals surface area contributed by atoms with E-state index in [9.17, 15) is 0 Å². The second kappa shape index (κ2) is 11.3. The summed E-state index contributed by atoms with van der Waals surface area (Å²) in [6.07, 6.45) is 14.4. The van der Waals surface area contributed by atoms with Crippen LogP contribution in [0.25, 0.3) is 16.7 Å². The lowest BCUT2D eigenvalue weighted by atomic mass is 9.97. The number of pyridine rings is 1. The molecule has 0 saturated carbocycles. The normalized spacial score (nSPS) is 17.6. The average molecular weight is 501 g/mol. The van der Waals surface area contributed by atoms with Crippen LogP contribution >= 0.6 is 0 Å². The highest BCUT2D eigenvalue weighted by Crippen LogP contribution is 2.30. The minimum atomic E-state index is -0.414. The quantitative estimate of drug-likeness (QED) is 0.299. The highest BCUT2D eigenvalue weighted by Gasteiger charge is 2.18. The predicted octanol–water partition coefficient (Wildman–Crippen LogP) is 5.87. The summed E-state index contributed by atoms with van der Waals surface area (Å²) in [5.74, 6) is 0.316. The first kappa shape index (κ1) is 25.2. The third kappa shape index (κ3) is 5.62. The molecule has 2 aliphatic heterocycles. The van der Waals surface area contributed by atoms with E-state index in [0.29, 0.717) is 17.6 Å². The Morgan fingerprint density at radius 1 is 1.14 bits per heavy atom. The molecule has 3 N–H and O–H groups in total. The minimum absolute atomic E-state index is 0.161. The molecule has 2 saturated heterocycles. The van der Waals surface area contributed by atoms with E-state index in [2.05, 4.69) is 32.4 Å². The number of H-pyrrole nitrogens is 1. The molecule has 6 nitrogen and oxygen atoms in total. The average Bonchev–Trinajstić information content (AvgIpc) is 3.59. The molecule has 0 bridgehead atoms. The summed E-state index contributed by atoms with van der Waals surface area (Å²) >= 11 is 0. The number of hydrogen-bond acceptors (Lipinski definition) is 5. The Hall–Kier alpha value is -3.45. The monoisotopic (exact) mass is 500 g/mol. The Bertz CT molecular complexity index is 1330. The lowest BCUT2D eigenvalue weighted by Crippen LogP contribution is -2.29. The molecular formula is C30H37FN6. The molecule has 37 heavy (non-hydrogen) atoms. The number of nitrogens with two attached hydrogens (primary N) is 1. The van der Waals surface area contributed by atoms with Crippen molar-refractivity contribution in [1.82, 2.24) is 19.9 Å². The summed E-state index contributed by atoms with van der Waals surface area (Å²) < 4.78 is 15.0. The number of piperidine rings is 1. The number of fused-ring (bicyclic) bond motifs is 1. The zero-order valence-corrected chi connectivity index (χ0v) is 21.8. The Kier molecular flexibility index (Phi) is 7.70. The Balaban J connectivity index is 1.43. The third-order valence-electron chi connectivity index (χ3n) is 7.54. The van der Waals surface area contributed by atoms with Crippen LogP contribution in [0.2, 0.25) is 0 Å². The van der Waals surface area contributed by atoms with Crippen LogP contribution in [0.1, 0.15) is 56.0 Å². The van der Waals surface area contributed by atoms with Crippen LogP contribution in [0, 0.1) is 5.82 Å². The number of allylic oxidation sites excluding steroid dienone is 3. The number of hydrogen-bond donors (Lipinski definition) is 2. The first-order chi connectivity index (χ1) is 18.1. The number of likely N-dealkylation sites (tertiary alicyclic amines) is 1. The van der Waals surface area contributed by atoms with Crippen molar-refractivity contribution in [2.24, 2.45) is 0 Å². The van der Waals surface area contributed by atoms with E-state index in [1.165, 1.54) is 38.2 Å². The van der Waals surface area contributed by atoms with Gasteiger partial charge in [-0.2, -0.15) is 0 Å². The maximum absolute atomic E-state index is 15.0. The van der Waals surface area contributed by atoms with Gasteiger partial charge in [-0.25, -0.2) is 14.4 Å². The van der Waals surface area contributed by atoms with Crippen LogP contribution in [0.15, 0.2) is 54.8 Å². The van der Waals surface area contributed by atoms with Crippen LogP contribution in [-0.4, -0.2) is 52.6 Å². The minimum Gasteiger partial charge on any atom is -0.396 e. The first-order valence-electron chi connectivity index (χ1n) is 13.4. The number of aromatic amines is 1. The Labute approximate surface area is 218 Å². The van der Waals surface area contributed by atoms with Gasteiger partial charge in [-0.15, -0.1) is 0 Å². The number of nitrogen functional groups attached to an aromatic ring is 1. The van der Waals surface area contributed by atoms with E-state index in [-0.39, 0.29) is 5.69 Å². The van der Waals surface area contributed by atoms with Gasteiger partial charge in [-0.3, -0.25) is 4.90 Å². The Morgan fingerprint density at radius 3 is 2.62 bits per heavy atom. The van der Waals surface area contributed by atoms with Gasteiger partial charge < -0.3 is 15.6 Å². The SMILES string of the molecule is C=C/C(=C\C(=C/C)c1cc(F)c(N)c(Cc2nc3nccc(N4CCCCC4)c3[nH]2)c1)CN1CCCC1. The second-order valence-corrected chi connectivity index (χ2v) is 10.1. The van der Waals surface area contributed by atoms with Crippen molar-refractivity contribution in [3.05, 3.63) is 77.5 Å². The fourth-order valence-corrected chi connectivity index (χ4v) is 5.50. The zero-order chi connectivity index (χ0) is 25.8. The smallest absolute Gasteiger partial charge is 0.179 e. The summed E-state index contributed by atoms with van der Waals surface area (Å²) in [6, 6.07) is 5.55. The number of halogens is 1. The van der Waals surface area contributed by atoms with Crippen molar-refractivity contribution in [2.75, 3.05) is 43.4 Å². The van der Waals surface area contributed by atoms with Crippen LogP contribution in [0.4, 0.5) is 15.8 Å². The van der Waals surface area contributed by atoms with Crippen molar-refractivity contribution in [3.8, 4) is 0 Å². The lowest BCUT2D eigenvalue weighted by Gasteiger charge is -2.28. The highest BCUT2D eigenvalue weighted by molar-refractivity contribution is 5.86. The van der Waals surface area contributed by atoms with Gasteiger partial charge in [0.05, 0.1) is 11.4 Å². The summed E-state index contributed by atoms with van der Waals surface area (Å²) in [6.45, 7) is 11.2. The van der Waals surface area contributed by atoms with Crippen molar-refractivity contribution in [2.45, 2.75) is 45.4 Å². The highest BCUT2D eigenvalue weighted by atomic mass is 19.1. The molecule has 2 fully saturated rings. The summed E-state index contributed by atoms with van der Waals surface area (Å²) in [7, 11) is 0. The maximum Gasteiger partial charge on any atom is 0.179 e. The second-order valence-electron chi connectivity index (χ2n) is 10.1. The standard InChI is InChI=1S/C30H37FN6/c1-3-21(20-36-12-8-9-13-36)16-22(4-2)23-17-24(28(32)25(31)18-23)19-27-34-29-26(10-11-33-30(29)35-27)37-14-6-5-7-15-37/h3-4,10-11,16-18H,1,5-9,12-15,19-20,32H2,2H3,(H,33,34,35)/b21-16+,22-4+. The van der Waals surface area contributed by atoms with Crippen LogP contribution in [-0.2, 0) is 6.42 Å². The third-order valence-corrected chi connectivity index (χ3v) is 7.54. The molecule has 0 unspecified atom stereocenters. The zero-order valence-electron chi connectivity index (χ0n) is 21.8. The lowest BCUT2D eigenvalue weighted by molar-refractivity contribution is 0.371. The van der Waals surface area contributed by atoms with Crippen molar-refractivity contribution in [1.29, 1.82) is 0 Å². The molecule has 5 rings (SSSR count). The number of nitrogens with zero attached hydrogens (tertiary/aromatic N) is 4. The van der Waals surface area contributed by atoms with Crippen molar-refractivity contribution >= 4 is 28.1 Å². The van der Waals surface area contributed by atoms with Gasteiger partial charge in [0.25, 0.3) is 0 Å². The van der Waals surface area contributed by atoms with E-state index in [1.807, 2.05) is 37.4 Å². The largest absolute Gasteiger partial charge is 0.396 e. The summed E-state index contributed by atoms with van der Waals surface area (Å²) in [4.78, 5) is 17.5. The molecule has 0 atom stereocenters. The predicted molar refractivity (Wildman–Crippen MR) is 151 cm³/mol. The van der Waals surface area contributed by atoms with Gasteiger partial charge in [0.15, 0.2) is 5.65 Å². The number of anilines is 2. The number of benzene rings is 1. The number of rotatable bonds is 8. The van der Waals surface area contributed by atoms with Gasteiger partial charge >= 0.3 is 0 Å². The number of nitrogens with one attached hydrogen (secondary N) is 1. The first-order valence-corrected chi connectivity index (χ1v) is 13.4. The molecule has 2 aromatic heterocycles. The molecule has 0 spiro atoms. The van der Waals surface area contributed by atoms with Gasteiger partial charge in [0, 0.05) is 32.3 Å². The molecule has 7 heteroatoms. The molecule has 4 heterocycles. The fraction of sp³-hybridized carbons (Fsp3) is 0.400. The Morgan fingerprint density at radius 2 is 1.89 bits per heavy atom. The van der Waals surface area contributed by atoms with E-state index in [0.717, 1.165) is 66.5 Å². The van der Waals surface area contributed by atoms with E-state index in [1.54, 1.807) is 0 Å². The molecule has 194 valence electrons. The van der Waals surface area contributed by atoms with E-state index < -0.39 is 5.82 Å². The topological polar surface area (TPSA) is 74.1 Å². The van der Waals surface area contributed by atoms with E-state index >= 15 is 4.39 Å². The van der Waals surface area contributed by atoms with E-state index in [4.69, 9.17) is 10.7 Å². The molecular weight excluding hydrogens is 463 g/mol. The molecule has 0 amide bonds.